The van der Waals surface area contributed by atoms with Crippen LogP contribution in [-0.2, 0) is 12.8 Å². The molecule has 2 heteroatoms. The molecule has 1 aliphatic rings. The fraction of sp³-hybridized carbons (Fsp3) is 0.188. The number of aryl methyl sites for hydroxylation is 2. The van der Waals surface area contributed by atoms with Crippen molar-refractivity contribution in [1.29, 1.82) is 0 Å². The van der Waals surface area contributed by atoms with Crippen LogP contribution in [0.4, 0.5) is 0 Å². The number of fused-ring (bicyclic) bond motifs is 4. The lowest BCUT2D eigenvalue weighted by molar-refractivity contribution is 0.913. The molecule has 0 atom stereocenters. The number of hydrogen-bond donors (Lipinski definition) is 1. The predicted octanol–water partition coefficient (Wildman–Crippen LogP) is 3.17. The van der Waals surface area contributed by atoms with Gasteiger partial charge >= 0.3 is 0 Å². The number of H-pyrrole nitrogens is 1. The maximum atomic E-state index is 12.6. The predicted molar refractivity (Wildman–Crippen MR) is 74.1 cm³/mol. The SMILES string of the molecule is O=c1c2ccccc2[nH]c2ccc3c(c12)CCC3. The first-order valence-electron chi connectivity index (χ1n) is 6.40. The second kappa shape index (κ2) is 3.45. The van der Waals surface area contributed by atoms with E-state index in [-0.39, 0.29) is 5.43 Å². The summed E-state index contributed by atoms with van der Waals surface area (Å²) in [6.45, 7) is 0. The third kappa shape index (κ3) is 1.20. The molecule has 0 amide bonds. The average Bonchev–Trinajstić information content (AvgIpc) is 2.87. The molecule has 0 unspecified atom stereocenters. The number of aromatic amines is 1. The van der Waals surface area contributed by atoms with Crippen molar-refractivity contribution in [2.24, 2.45) is 0 Å². The topological polar surface area (TPSA) is 32.9 Å². The minimum atomic E-state index is 0.179. The first-order valence-corrected chi connectivity index (χ1v) is 6.40. The van der Waals surface area contributed by atoms with Crippen LogP contribution in [-0.4, -0.2) is 4.98 Å². The van der Waals surface area contributed by atoms with Crippen LogP contribution in [0.3, 0.4) is 0 Å². The molecule has 0 spiro atoms. The van der Waals surface area contributed by atoms with Crippen molar-refractivity contribution in [3.05, 3.63) is 57.7 Å². The fourth-order valence-electron chi connectivity index (χ4n) is 3.10. The van der Waals surface area contributed by atoms with E-state index in [0.717, 1.165) is 34.6 Å². The van der Waals surface area contributed by atoms with Crippen molar-refractivity contribution in [3.63, 3.8) is 0 Å². The molecule has 1 heterocycles. The monoisotopic (exact) mass is 235 g/mol. The highest BCUT2D eigenvalue weighted by Crippen LogP contribution is 2.28. The summed E-state index contributed by atoms with van der Waals surface area (Å²) >= 11 is 0. The van der Waals surface area contributed by atoms with Crippen LogP contribution in [0.25, 0.3) is 21.8 Å². The van der Waals surface area contributed by atoms with Gasteiger partial charge in [0.15, 0.2) is 5.43 Å². The Morgan fingerprint density at radius 2 is 1.83 bits per heavy atom. The zero-order valence-corrected chi connectivity index (χ0v) is 9.99. The van der Waals surface area contributed by atoms with Gasteiger partial charge in [-0.2, -0.15) is 0 Å². The van der Waals surface area contributed by atoms with Crippen LogP contribution in [0.5, 0.6) is 0 Å². The molecule has 1 aliphatic carbocycles. The van der Waals surface area contributed by atoms with Crippen LogP contribution < -0.4 is 5.43 Å². The van der Waals surface area contributed by atoms with Crippen molar-refractivity contribution < 1.29 is 0 Å². The van der Waals surface area contributed by atoms with Crippen LogP contribution in [0, 0.1) is 0 Å². The summed E-state index contributed by atoms with van der Waals surface area (Å²) in [6.07, 6.45) is 3.31. The Kier molecular flexibility index (Phi) is 1.90. The molecule has 0 radical (unpaired) electrons. The molecule has 0 saturated carbocycles. The number of nitrogens with one attached hydrogen (secondary N) is 1. The van der Waals surface area contributed by atoms with E-state index in [2.05, 4.69) is 11.1 Å². The van der Waals surface area contributed by atoms with E-state index in [1.807, 2.05) is 30.3 Å². The van der Waals surface area contributed by atoms with Gasteiger partial charge in [0, 0.05) is 16.3 Å². The van der Waals surface area contributed by atoms with Gasteiger partial charge in [0.05, 0.1) is 5.52 Å². The first-order chi connectivity index (χ1) is 8.84. The van der Waals surface area contributed by atoms with Crippen molar-refractivity contribution in [3.8, 4) is 0 Å². The third-order valence-corrected chi connectivity index (χ3v) is 3.95. The van der Waals surface area contributed by atoms with Gasteiger partial charge in [-0.25, -0.2) is 0 Å². The van der Waals surface area contributed by atoms with E-state index in [1.165, 1.54) is 17.5 Å². The molecule has 3 aromatic rings. The maximum Gasteiger partial charge on any atom is 0.197 e. The highest BCUT2D eigenvalue weighted by Gasteiger charge is 2.17. The summed E-state index contributed by atoms with van der Waals surface area (Å²) in [7, 11) is 0. The van der Waals surface area contributed by atoms with E-state index >= 15 is 0 Å². The smallest absolute Gasteiger partial charge is 0.197 e. The summed E-state index contributed by atoms with van der Waals surface area (Å²) in [6, 6.07) is 12.0. The van der Waals surface area contributed by atoms with Gasteiger partial charge in [0.1, 0.15) is 0 Å². The Labute approximate surface area is 104 Å². The number of pyridine rings is 1. The number of hydrogen-bond acceptors (Lipinski definition) is 1. The minimum absolute atomic E-state index is 0.179. The van der Waals surface area contributed by atoms with Crippen molar-refractivity contribution in [2.45, 2.75) is 19.3 Å². The largest absolute Gasteiger partial charge is 0.354 e. The van der Waals surface area contributed by atoms with Crippen LogP contribution >= 0.6 is 0 Å². The number of para-hydroxylation sites is 1. The highest BCUT2D eigenvalue weighted by atomic mass is 16.1. The molecule has 0 fully saturated rings. The fourth-order valence-corrected chi connectivity index (χ4v) is 3.10. The van der Waals surface area contributed by atoms with Gasteiger partial charge in [0.2, 0.25) is 0 Å². The van der Waals surface area contributed by atoms with Crippen molar-refractivity contribution >= 4 is 21.8 Å². The molecule has 4 rings (SSSR count). The summed E-state index contributed by atoms with van der Waals surface area (Å²) in [5.74, 6) is 0. The number of benzene rings is 2. The van der Waals surface area contributed by atoms with Crippen LogP contribution in [0.15, 0.2) is 41.2 Å². The first kappa shape index (κ1) is 9.89. The van der Waals surface area contributed by atoms with Crippen molar-refractivity contribution in [2.75, 3.05) is 0 Å². The zero-order chi connectivity index (χ0) is 12.1. The zero-order valence-electron chi connectivity index (χ0n) is 9.99. The van der Waals surface area contributed by atoms with Gasteiger partial charge in [-0.15, -0.1) is 0 Å². The van der Waals surface area contributed by atoms with Crippen molar-refractivity contribution in [1.82, 2.24) is 4.98 Å². The minimum Gasteiger partial charge on any atom is -0.354 e. The van der Waals surface area contributed by atoms with Crippen LogP contribution in [0.1, 0.15) is 17.5 Å². The van der Waals surface area contributed by atoms with Gasteiger partial charge in [0.25, 0.3) is 0 Å². The molecule has 1 aromatic heterocycles. The Morgan fingerprint density at radius 1 is 0.944 bits per heavy atom. The highest BCUT2D eigenvalue weighted by molar-refractivity contribution is 5.94. The van der Waals surface area contributed by atoms with Crippen LogP contribution in [0.2, 0.25) is 0 Å². The molecule has 88 valence electrons. The van der Waals surface area contributed by atoms with E-state index in [4.69, 9.17) is 0 Å². The second-order valence-corrected chi connectivity index (χ2v) is 4.98. The maximum absolute atomic E-state index is 12.6. The molecule has 0 aliphatic heterocycles. The molecular formula is C16H13NO. The number of rotatable bonds is 0. The Hall–Kier alpha value is -2.09. The average molecular weight is 235 g/mol. The molecule has 2 aromatic carbocycles. The quantitative estimate of drug-likeness (QED) is 0.596. The lowest BCUT2D eigenvalue weighted by atomic mass is 10.0. The molecule has 0 saturated heterocycles. The number of aromatic nitrogens is 1. The van der Waals surface area contributed by atoms with E-state index in [9.17, 15) is 4.79 Å². The molecule has 1 N–H and O–H groups in total. The Balaban J connectivity index is 2.28. The standard InChI is InChI=1S/C16H13NO/c18-16-12-5-1-2-7-13(12)17-14-9-8-10-4-3-6-11(10)15(14)16/h1-2,5,7-9H,3-4,6H2,(H,17,18). The molecule has 2 nitrogen and oxygen atoms in total. The Bertz CT molecular complexity index is 829. The lowest BCUT2D eigenvalue weighted by Crippen LogP contribution is -2.06. The van der Waals surface area contributed by atoms with E-state index < -0.39 is 0 Å². The van der Waals surface area contributed by atoms with Gasteiger partial charge in [-0.3, -0.25) is 4.79 Å². The van der Waals surface area contributed by atoms with E-state index in [1.54, 1.807) is 0 Å². The normalized spacial score (nSPS) is 14.2. The summed E-state index contributed by atoms with van der Waals surface area (Å²) < 4.78 is 0. The lowest BCUT2D eigenvalue weighted by Gasteiger charge is -2.07. The summed E-state index contributed by atoms with van der Waals surface area (Å²) in [5.41, 5.74) is 4.69. The van der Waals surface area contributed by atoms with Gasteiger partial charge in [-0.05, 0) is 48.6 Å². The van der Waals surface area contributed by atoms with Gasteiger partial charge in [-0.1, -0.05) is 18.2 Å². The molecular weight excluding hydrogens is 222 g/mol. The van der Waals surface area contributed by atoms with Gasteiger partial charge < -0.3 is 4.98 Å². The summed E-state index contributed by atoms with van der Waals surface area (Å²) in [5, 5.41) is 1.70. The molecule has 18 heavy (non-hydrogen) atoms. The Morgan fingerprint density at radius 3 is 2.78 bits per heavy atom. The second-order valence-electron chi connectivity index (χ2n) is 4.98. The van der Waals surface area contributed by atoms with E-state index in [0.29, 0.717) is 0 Å². The molecule has 0 bridgehead atoms. The summed E-state index contributed by atoms with van der Waals surface area (Å²) in [4.78, 5) is 16.0. The third-order valence-electron chi connectivity index (χ3n) is 3.95.